The van der Waals surface area contributed by atoms with Crippen LogP contribution < -0.4 is 0 Å². The quantitative estimate of drug-likeness (QED) is 0.835. The second-order valence-corrected chi connectivity index (χ2v) is 5.22. The van der Waals surface area contributed by atoms with Crippen LogP contribution >= 0.6 is 0 Å². The predicted molar refractivity (Wildman–Crippen MR) is 69.7 cm³/mol. The van der Waals surface area contributed by atoms with Crippen LogP contribution in [0.4, 0.5) is 4.79 Å². The van der Waals surface area contributed by atoms with Crippen molar-refractivity contribution >= 4 is 12.4 Å². The summed E-state index contributed by atoms with van der Waals surface area (Å²) < 4.78 is 0. The van der Waals surface area contributed by atoms with Crippen LogP contribution in [0.15, 0.2) is 30.3 Å². The Morgan fingerprint density at radius 2 is 1.89 bits per heavy atom. The van der Waals surface area contributed by atoms with Crippen molar-refractivity contribution in [2.24, 2.45) is 0 Å². The van der Waals surface area contributed by atoms with Gasteiger partial charge in [0.25, 0.3) is 0 Å². The highest BCUT2D eigenvalue weighted by Crippen LogP contribution is 2.20. The fourth-order valence-electron chi connectivity index (χ4n) is 1.76. The molecule has 0 aromatic heterocycles. The second kappa shape index (κ2) is 5.67. The summed E-state index contributed by atoms with van der Waals surface area (Å²) in [7, 11) is 0. The maximum Gasteiger partial charge on any atom is 0.407 e. The Morgan fingerprint density at radius 1 is 1.33 bits per heavy atom. The van der Waals surface area contributed by atoms with Gasteiger partial charge in [0.2, 0.25) is 0 Å². The zero-order chi connectivity index (χ0) is 13.8. The molecule has 4 nitrogen and oxygen atoms in total. The fourth-order valence-corrected chi connectivity index (χ4v) is 1.76. The molecule has 1 atom stereocenters. The van der Waals surface area contributed by atoms with Gasteiger partial charge in [0.1, 0.15) is 6.29 Å². The minimum atomic E-state index is -1.01. The van der Waals surface area contributed by atoms with Gasteiger partial charge >= 0.3 is 6.09 Å². The molecule has 0 aliphatic carbocycles. The molecule has 0 heterocycles. The van der Waals surface area contributed by atoms with Crippen LogP contribution in [0.1, 0.15) is 32.3 Å². The third kappa shape index (κ3) is 3.58. The average Bonchev–Trinajstić information content (AvgIpc) is 2.29. The van der Waals surface area contributed by atoms with Gasteiger partial charge < -0.3 is 14.8 Å². The largest absolute Gasteiger partial charge is 0.465 e. The second-order valence-electron chi connectivity index (χ2n) is 5.22. The highest BCUT2D eigenvalue weighted by molar-refractivity contribution is 5.69. The van der Waals surface area contributed by atoms with Gasteiger partial charge in [-0.25, -0.2) is 4.79 Å². The predicted octanol–water partition coefficient (Wildman–Crippen LogP) is 2.75. The number of rotatable bonds is 4. The molecule has 1 rings (SSSR count). The molecular weight excluding hydrogens is 230 g/mol. The van der Waals surface area contributed by atoms with Gasteiger partial charge in [-0.15, -0.1) is 0 Å². The van der Waals surface area contributed by atoms with Crippen molar-refractivity contribution in [2.75, 3.05) is 6.54 Å². The van der Waals surface area contributed by atoms with Crippen molar-refractivity contribution < 1.29 is 14.7 Å². The lowest BCUT2D eigenvalue weighted by Gasteiger charge is -2.34. The number of hydrogen-bond acceptors (Lipinski definition) is 2. The summed E-state index contributed by atoms with van der Waals surface area (Å²) in [5, 5.41) is 9.21. The van der Waals surface area contributed by atoms with Crippen molar-refractivity contribution in [3.63, 3.8) is 0 Å². The number of nitrogens with zero attached hydrogens (tertiary/aromatic N) is 1. The van der Waals surface area contributed by atoms with Gasteiger partial charge in [-0.1, -0.05) is 30.3 Å². The molecule has 1 aromatic carbocycles. The summed E-state index contributed by atoms with van der Waals surface area (Å²) in [6.07, 6.45) is -0.206. The van der Waals surface area contributed by atoms with E-state index in [0.717, 1.165) is 11.8 Å². The van der Waals surface area contributed by atoms with E-state index in [4.69, 9.17) is 0 Å². The van der Waals surface area contributed by atoms with Crippen LogP contribution in [0.5, 0.6) is 0 Å². The Hall–Kier alpha value is -1.84. The van der Waals surface area contributed by atoms with Gasteiger partial charge in [0.15, 0.2) is 0 Å². The number of benzene rings is 1. The third-order valence-corrected chi connectivity index (χ3v) is 2.81. The molecule has 1 unspecified atom stereocenters. The molecule has 18 heavy (non-hydrogen) atoms. The number of aldehydes is 1. The first-order valence-corrected chi connectivity index (χ1v) is 5.87. The van der Waals surface area contributed by atoms with Crippen LogP contribution in [-0.2, 0) is 4.79 Å². The molecule has 1 amide bonds. The Balaban J connectivity index is 2.92. The third-order valence-electron chi connectivity index (χ3n) is 2.81. The minimum Gasteiger partial charge on any atom is -0.465 e. The zero-order valence-electron chi connectivity index (χ0n) is 11.0. The summed E-state index contributed by atoms with van der Waals surface area (Å²) in [5.74, 6) is -0.429. The van der Waals surface area contributed by atoms with Gasteiger partial charge in [-0.05, 0) is 26.3 Å². The normalized spacial score (nSPS) is 12.8. The standard InChI is InChI=1S/C14H19NO3/c1-14(2,3)15(13(17)18)9-12(10-16)11-7-5-4-6-8-11/h4-8,10,12H,9H2,1-3H3,(H,17,18). The molecule has 98 valence electrons. The number of carbonyl (C=O) groups is 2. The summed E-state index contributed by atoms with van der Waals surface area (Å²) in [4.78, 5) is 23.7. The topological polar surface area (TPSA) is 57.6 Å². The molecule has 0 saturated carbocycles. The molecule has 4 heteroatoms. The molecule has 1 aromatic rings. The molecule has 0 spiro atoms. The SMILES string of the molecule is CC(C)(C)N(CC(C=O)c1ccccc1)C(=O)O. The monoisotopic (exact) mass is 249 g/mol. The van der Waals surface area contributed by atoms with Crippen molar-refractivity contribution in [1.29, 1.82) is 0 Å². The Labute approximate surface area is 107 Å². The van der Waals surface area contributed by atoms with Crippen LogP contribution in [0.3, 0.4) is 0 Å². The molecular formula is C14H19NO3. The highest BCUT2D eigenvalue weighted by atomic mass is 16.4. The van der Waals surface area contributed by atoms with Crippen molar-refractivity contribution in [1.82, 2.24) is 4.90 Å². The summed E-state index contributed by atoms with van der Waals surface area (Å²) >= 11 is 0. The summed E-state index contributed by atoms with van der Waals surface area (Å²) in [5.41, 5.74) is 0.310. The number of carboxylic acid groups (broad SMARTS) is 1. The van der Waals surface area contributed by atoms with Gasteiger partial charge in [0, 0.05) is 12.1 Å². The first kappa shape index (κ1) is 14.2. The van der Waals surface area contributed by atoms with E-state index in [9.17, 15) is 14.7 Å². The maximum absolute atomic E-state index is 11.2. The van der Waals surface area contributed by atoms with E-state index in [1.165, 1.54) is 4.90 Å². The fraction of sp³-hybridized carbons (Fsp3) is 0.429. The van der Waals surface area contributed by atoms with Gasteiger partial charge in [-0.2, -0.15) is 0 Å². The molecule has 0 fully saturated rings. The van der Waals surface area contributed by atoms with E-state index < -0.39 is 17.6 Å². The molecule has 1 N–H and O–H groups in total. The lowest BCUT2D eigenvalue weighted by atomic mass is 9.97. The number of carbonyl (C=O) groups excluding carboxylic acids is 1. The van der Waals surface area contributed by atoms with E-state index in [0.29, 0.717) is 0 Å². The molecule has 0 aliphatic rings. The number of hydrogen-bond donors (Lipinski definition) is 1. The first-order chi connectivity index (χ1) is 8.36. The van der Waals surface area contributed by atoms with Crippen LogP contribution in [0.25, 0.3) is 0 Å². The molecule has 0 radical (unpaired) electrons. The van der Waals surface area contributed by atoms with Crippen molar-refractivity contribution in [3.05, 3.63) is 35.9 Å². The molecule has 0 saturated heterocycles. The van der Waals surface area contributed by atoms with Crippen molar-refractivity contribution in [3.8, 4) is 0 Å². The lowest BCUT2D eigenvalue weighted by Crippen LogP contribution is -2.47. The van der Waals surface area contributed by atoms with E-state index in [2.05, 4.69) is 0 Å². The zero-order valence-corrected chi connectivity index (χ0v) is 11.0. The first-order valence-electron chi connectivity index (χ1n) is 5.87. The van der Waals surface area contributed by atoms with E-state index >= 15 is 0 Å². The van der Waals surface area contributed by atoms with Crippen LogP contribution in [0.2, 0.25) is 0 Å². The molecule has 0 aliphatic heterocycles. The Bertz CT molecular complexity index is 409. The maximum atomic E-state index is 11.2. The van der Waals surface area contributed by atoms with Crippen LogP contribution in [-0.4, -0.2) is 34.5 Å². The van der Waals surface area contributed by atoms with E-state index in [-0.39, 0.29) is 6.54 Å². The molecule has 0 bridgehead atoms. The minimum absolute atomic E-state index is 0.173. The smallest absolute Gasteiger partial charge is 0.407 e. The van der Waals surface area contributed by atoms with Crippen LogP contribution in [0, 0.1) is 0 Å². The van der Waals surface area contributed by atoms with Gasteiger partial charge in [0.05, 0.1) is 5.92 Å². The van der Waals surface area contributed by atoms with E-state index in [1.54, 1.807) is 0 Å². The average molecular weight is 249 g/mol. The number of amides is 1. The lowest BCUT2D eigenvalue weighted by molar-refractivity contribution is -0.109. The van der Waals surface area contributed by atoms with Gasteiger partial charge in [-0.3, -0.25) is 0 Å². The van der Waals surface area contributed by atoms with E-state index in [1.807, 2.05) is 51.1 Å². The summed E-state index contributed by atoms with van der Waals surface area (Å²) in [6, 6.07) is 9.22. The Kier molecular flexibility index (Phi) is 4.48. The van der Waals surface area contributed by atoms with Crippen molar-refractivity contribution in [2.45, 2.75) is 32.2 Å². The summed E-state index contributed by atoms with van der Waals surface area (Å²) in [6.45, 7) is 5.61. The highest BCUT2D eigenvalue weighted by Gasteiger charge is 2.29. The Morgan fingerprint density at radius 3 is 2.28 bits per heavy atom.